The molecule has 3 rings (SSSR count). The van der Waals surface area contributed by atoms with Gasteiger partial charge in [-0.3, -0.25) is 9.48 Å². The van der Waals surface area contributed by atoms with Gasteiger partial charge in [-0.05, 0) is 49.7 Å². The maximum absolute atomic E-state index is 12.5. The minimum absolute atomic E-state index is 0.114. The Hall–Kier alpha value is -2.79. The van der Waals surface area contributed by atoms with Crippen LogP contribution in [0.1, 0.15) is 40.1 Å². The zero-order chi connectivity index (χ0) is 19.4. The van der Waals surface area contributed by atoms with Crippen LogP contribution in [0.5, 0.6) is 5.75 Å². The van der Waals surface area contributed by atoms with Gasteiger partial charge in [0.1, 0.15) is 12.4 Å². The molecule has 0 fully saturated rings. The number of carbonyl (C=O) groups excluding carboxylic acids is 1. The summed E-state index contributed by atoms with van der Waals surface area (Å²) in [6, 6.07) is 14.5. The molecule has 1 heterocycles. The molecule has 0 saturated heterocycles. The van der Waals surface area contributed by atoms with E-state index in [1.54, 1.807) is 35.1 Å². The Bertz CT molecular complexity index is 935. The largest absolute Gasteiger partial charge is 0.489 e. The van der Waals surface area contributed by atoms with Crippen molar-refractivity contribution in [2.45, 2.75) is 26.5 Å². The molecule has 0 spiro atoms. The molecule has 2 aromatic carbocycles. The molecule has 1 atom stereocenters. The molecule has 140 valence electrons. The first-order valence-corrected chi connectivity index (χ1v) is 9.08. The highest BCUT2D eigenvalue weighted by Gasteiger charge is 2.15. The molecule has 0 saturated carbocycles. The molecule has 5 nitrogen and oxygen atoms in total. The number of aromatic nitrogens is 2. The summed E-state index contributed by atoms with van der Waals surface area (Å²) in [5.41, 5.74) is 3.63. The lowest BCUT2D eigenvalue weighted by molar-refractivity contribution is 0.0939. The predicted octanol–water partition coefficient (Wildman–Crippen LogP) is 4.45. The number of hydrogen-bond acceptors (Lipinski definition) is 3. The van der Waals surface area contributed by atoms with Gasteiger partial charge in [-0.25, -0.2) is 0 Å². The van der Waals surface area contributed by atoms with Crippen LogP contribution in [0, 0.1) is 6.92 Å². The molecule has 1 unspecified atom stereocenters. The standard InChI is InChI=1S/C21H22ClN3O2/c1-14(20-12-23-25(3)15(20)2)24-21(26)17-9-7-16(8-10-17)13-27-19-6-4-5-18(22)11-19/h4-12,14H,13H2,1-3H3,(H,24,26). The summed E-state index contributed by atoms with van der Waals surface area (Å²) in [5.74, 6) is 0.595. The number of aryl methyl sites for hydroxylation is 1. The van der Waals surface area contributed by atoms with Gasteiger partial charge in [-0.1, -0.05) is 29.8 Å². The summed E-state index contributed by atoms with van der Waals surface area (Å²) < 4.78 is 7.52. The average molecular weight is 384 g/mol. The Morgan fingerprint density at radius 3 is 2.63 bits per heavy atom. The Kier molecular flexibility index (Phi) is 5.81. The van der Waals surface area contributed by atoms with Crippen molar-refractivity contribution in [1.29, 1.82) is 0 Å². The van der Waals surface area contributed by atoms with E-state index in [-0.39, 0.29) is 11.9 Å². The highest BCUT2D eigenvalue weighted by atomic mass is 35.5. The summed E-state index contributed by atoms with van der Waals surface area (Å²) in [6.45, 7) is 4.35. The molecule has 1 amide bonds. The summed E-state index contributed by atoms with van der Waals surface area (Å²) in [6.07, 6.45) is 1.79. The summed E-state index contributed by atoms with van der Waals surface area (Å²) >= 11 is 5.95. The van der Waals surface area contributed by atoms with E-state index in [1.165, 1.54) is 0 Å². The van der Waals surface area contributed by atoms with Gasteiger partial charge in [0.15, 0.2) is 0 Å². The highest BCUT2D eigenvalue weighted by Crippen LogP contribution is 2.19. The van der Waals surface area contributed by atoms with Gasteiger partial charge in [0.2, 0.25) is 0 Å². The molecule has 0 aliphatic carbocycles. The van der Waals surface area contributed by atoms with Crippen molar-refractivity contribution in [2.75, 3.05) is 0 Å². The Labute approximate surface area is 163 Å². The molecule has 0 aliphatic heterocycles. The van der Waals surface area contributed by atoms with Crippen LogP contribution >= 0.6 is 11.6 Å². The van der Waals surface area contributed by atoms with E-state index in [2.05, 4.69) is 10.4 Å². The minimum atomic E-state index is -0.118. The minimum Gasteiger partial charge on any atom is -0.489 e. The van der Waals surface area contributed by atoms with E-state index in [4.69, 9.17) is 16.3 Å². The number of rotatable bonds is 6. The molecule has 27 heavy (non-hydrogen) atoms. The first kappa shape index (κ1) is 19.0. The van der Waals surface area contributed by atoms with Gasteiger partial charge < -0.3 is 10.1 Å². The van der Waals surface area contributed by atoms with Crippen LogP contribution in [0.4, 0.5) is 0 Å². The third kappa shape index (κ3) is 4.68. The second kappa shape index (κ2) is 8.27. The van der Waals surface area contributed by atoms with Crippen molar-refractivity contribution in [3.63, 3.8) is 0 Å². The molecular weight excluding hydrogens is 362 g/mol. The second-order valence-corrected chi connectivity index (χ2v) is 6.88. The fraction of sp³-hybridized carbons (Fsp3) is 0.238. The van der Waals surface area contributed by atoms with Crippen molar-refractivity contribution in [3.8, 4) is 5.75 Å². The Morgan fingerprint density at radius 1 is 1.26 bits per heavy atom. The molecule has 0 radical (unpaired) electrons. The lowest BCUT2D eigenvalue weighted by Gasteiger charge is -2.14. The van der Waals surface area contributed by atoms with Crippen LogP contribution in [0.2, 0.25) is 5.02 Å². The zero-order valence-corrected chi connectivity index (χ0v) is 16.3. The highest BCUT2D eigenvalue weighted by molar-refractivity contribution is 6.30. The fourth-order valence-corrected chi connectivity index (χ4v) is 2.95. The van der Waals surface area contributed by atoms with Crippen LogP contribution in [-0.4, -0.2) is 15.7 Å². The first-order chi connectivity index (χ1) is 12.9. The molecule has 6 heteroatoms. The van der Waals surface area contributed by atoms with Crippen LogP contribution in [0.15, 0.2) is 54.7 Å². The van der Waals surface area contributed by atoms with E-state index < -0.39 is 0 Å². The molecule has 3 aromatic rings. The molecular formula is C21H22ClN3O2. The number of halogens is 1. The smallest absolute Gasteiger partial charge is 0.251 e. The quantitative estimate of drug-likeness (QED) is 0.684. The summed E-state index contributed by atoms with van der Waals surface area (Å²) in [7, 11) is 1.89. The maximum atomic E-state index is 12.5. The number of nitrogens with zero attached hydrogens (tertiary/aromatic N) is 2. The van der Waals surface area contributed by atoms with E-state index >= 15 is 0 Å². The fourth-order valence-electron chi connectivity index (χ4n) is 2.77. The van der Waals surface area contributed by atoms with Gasteiger partial charge in [0, 0.05) is 28.9 Å². The van der Waals surface area contributed by atoms with Crippen LogP contribution in [-0.2, 0) is 13.7 Å². The number of amides is 1. The molecule has 0 aliphatic rings. The topological polar surface area (TPSA) is 56.1 Å². The van der Waals surface area contributed by atoms with Crippen molar-refractivity contribution in [2.24, 2.45) is 7.05 Å². The Balaban J connectivity index is 1.59. The van der Waals surface area contributed by atoms with Crippen molar-refractivity contribution in [3.05, 3.63) is 82.1 Å². The zero-order valence-electron chi connectivity index (χ0n) is 15.6. The van der Waals surface area contributed by atoms with Crippen LogP contribution in [0.3, 0.4) is 0 Å². The number of ether oxygens (including phenoxy) is 1. The summed E-state index contributed by atoms with van der Waals surface area (Å²) in [5, 5.41) is 7.87. The van der Waals surface area contributed by atoms with Crippen LogP contribution in [0.25, 0.3) is 0 Å². The lowest BCUT2D eigenvalue weighted by Crippen LogP contribution is -2.26. The van der Waals surface area contributed by atoms with E-state index in [9.17, 15) is 4.79 Å². The number of benzene rings is 2. The monoisotopic (exact) mass is 383 g/mol. The van der Waals surface area contributed by atoms with Gasteiger partial charge in [0.05, 0.1) is 12.2 Å². The van der Waals surface area contributed by atoms with Crippen molar-refractivity contribution in [1.82, 2.24) is 15.1 Å². The lowest BCUT2D eigenvalue weighted by atomic mass is 10.1. The van der Waals surface area contributed by atoms with E-state index in [0.717, 1.165) is 16.8 Å². The van der Waals surface area contributed by atoms with Crippen molar-refractivity contribution >= 4 is 17.5 Å². The average Bonchev–Trinajstić information content (AvgIpc) is 2.99. The third-order valence-corrected chi connectivity index (χ3v) is 4.74. The first-order valence-electron chi connectivity index (χ1n) is 8.70. The van der Waals surface area contributed by atoms with Gasteiger partial charge in [-0.2, -0.15) is 5.10 Å². The van der Waals surface area contributed by atoms with E-state index in [0.29, 0.717) is 22.9 Å². The SMILES string of the molecule is Cc1c(C(C)NC(=O)c2ccc(COc3cccc(Cl)c3)cc2)cnn1C. The summed E-state index contributed by atoms with van der Waals surface area (Å²) in [4.78, 5) is 12.5. The molecule has 1 aromatic heterocycles. The molecule has 0 bridgehead atoms. The second-order valence-electron chi connectivity index (χ2n) is 6.45. The number of nitrogens with one attached hydrogen (secondary N) is 1. The normalized spacial score (nSPS) is 11.9. The van der Waals surface area contributed by atoms with Crippen molar-refractivity contribution < 1.29 is 9.53 Å². The third-order valence-electron chi connectivity index (χ3n) is 4.51. The van der Waals surface area contributed by atoms with Gasteiger partial charge >= 0.3 is 0 Å². The van der Waals surface area contributed by atoms with Gasteiger partial charge in [0.25, 0.3) is 5.91 Å². The number of carbonyl (C=O) groups is 1. The van der Waals surface area contributed by atoms with Gasteiger partial charge in [-0.15, -0.1) is 0 Å². The van der Waals surface area contributed by atoms with Crippen LogP contribution < -0.4 is 10.1 Å². The Morgan fingerprint density at radius 2 is 2.00 bits per heavy atom. The van der Waals surface area contributed by atoms with E-state index in [1.807, 2.05) is 45.2 Å². The predicted molar refractivity (Wildman–Crippen MR) is 106 cm³/mol. The maximum Gasteiger partial charge on any atom is 0.251 e. The number of hydrogen-bond donors (Lipinski definition) is 1. The molecule has 1 N–H and O–H groups in total.